The highest BCUT2D eigenvalue weighted by atomic mass is 79.9. The molecule has 0 radical (unpaired) electrons. The molecule has 1 aliphatic rings. The molecule has 0 saturated carbocycles. The first kappa shape index (κ1) is 15.2. The number of hydrogen-bond donors (Lipinski definition) is 0. The summed E-state index contributed by atoms with van der Waals surface area (Å²) < 4.78 is 3.72. The van der Waals surface area contributed by atoms with Gasteiger partial charge in [-0.15, -0.1) is 11.3 Å². The van der Waals surface area contributed by atoms with Crippen LogP contribution in [-0.4, -0.2) is 47.1 Å². The Morgan fingerprint density at radius 2 is 1.90 bits per heavy atom. The van der Waals surface area contributed by atoms with Crippen LogP contribution in [0, 0.1) is 0 Å². The van der Waals surface area contributed by atoms with Crippen molar-refractivity contribution in [1.82, 2.24) is 14.4 Å². The van der Waals surface area contributed by atoms with Gasteiger partial charge in [-0.2, -0.15) is 0 Å². The summed E-state index contributed by atoms with van der Waals surface area (Å²) in [7, 11) is 1.80. The molecule has 1 fully saturated rings. The molecule has 3 heterocycles. The SMILES string of the molecule is CCN1CCN(Cc2cc3c(=O)n(C)cc(Br)c3s2)CC1. The summed E-state index contributed by atoms with van der Waals surface area (Å²) in [5.41, 5.74) is 0.0894. The number of likely N-dealkylation sites (N-methyl/N-ethyl adjacent to an activating group) is 1. The molecule has 0 aliphatic carbocycles. The first-order valence-electron chi connectivity index (χ1n) is 7.30. The van der Waals surface area contributed by atoms with Gasteiger partial charge in [0, 0.05) is 50.8 Å². The lowest BCUT2D eigenvalue weighted by Crippen LogP contribution is -2.45. The summed E-state index contributed by atoms with van der Waals surface area (Å²) in [5, 5.41) is 0.832. The van der Waals surface area contributed by atoms with Crippen LogP contribution >= 0.6 is 27.3 Å². The summed E-state index contributed by atoms with van der Waals surface area (Å²) >= 11 is 5.30. The number of thiophene rings is 1. The molecule has 21 heavy (non-hydrogen) atoms. The van der Waals surface area contributed by atoms with Crippen LogP contribution < -0.4 is 5.56 Å². The Morgan fingerprint density at radius 1 is 1.24 bits per heavy atom. The Labute approximate surface area is 137 Å². The van der Waals surface area contributed by atoms with E-state index in [1.807, 2.05) is 6.20 Å². The zero-order valence-electron chi connectivity index (χ0n) is 12.4. The van der Waals surface area contributed by atoms with Gasteiger partial charge in [0.15, 0.2) is 0 Å². The van der Waals surface area contributed by atoms with E-state index in [2.05, 4.69) is 38.7 Å². The minimum Gasteiger partial charge on any atom is -0.317 e. The summed E-state index contributed by atoms with van der Waals surface area (Å²) in [6.45, 7) is 8.82. The second-order valence-corrected chi connectivity index (χ2v) is 7.55. The lowest BCUT2D eigenvalue weighted by atomic mass is 10.2. The molecule has 6 heteroatoms. The topological polar surface area (TPSA) is 28.5 Å². The highest BCUT2D eigenvalue weighted by molar-refractivity contribution is 9.10. The number of aryl methyl sites for hydroxylation is 1. The van der Waals surface area contributed by atoms with Crippen LogP contribution in [0.15, 0.2) is 21.5 Å². The summed E-state index contributed by atoms with van der Waals surface area (Å²) in [4.78, 5) is 18.4. The molecule has 1 saturated heterocycles. The van der Waals surface area contributed by atoms with Gasteiger partial charge in [0.05, 0.1) is 14.6 Å². The number of pyridine rings is 1. The third-order valence-electron chi connectivity index (χ3n) is 4.15. The highest BCUT2D eigenvalue weighted by Gasteiger charge is 2.17. The highest BCUT2D eigenvalue weighted by Crippen LogP contribution is 2.30. The van der Waals surface area contributed by atoms with Gasteiger partial charge in [-0.25, -0.2) is 0 Å². The van der Waals surface area contributed by atoms with Gasteiger partial charge >= 0.3 is 0 Å². The standard InChI is InChI=1S/C15H20BrN3OS/c1-3-18-4-6-19(7-5-18)9-11-8-12-14(21-11)13(16)10-17(2)15(12)20/h8,10H,3-7,9H2,1-2H3. The molecule has 0 N–H and O–H groups in total. The van der Waals surface area contributed by atoms with Crippen molar-refractivity contribution in [3.63, 3.8) is 0 Å². The van der Waals surface area contributed by atoms with Gasteiger partial charge in [0.1, 0.15) is 0 Å². The Hall–Kier alpha value is -0.690. The quantitative estimate of drug-likeness (QED) is 0.831. The number of halogens is 1. The molecule has 4 nitrogen and oxygen atoms in total. The zero-order valence-corrected chi connectivity index (χ0v) is 14.8. The van der Waals surface area contributed by atoms with Gasteiger partial charge in [-0.1, -0.05) is 6.92 Å². The lowest BCUT2D eigenvalue weighted by molar-refractivity contribution is 0.133. The molecule has 0 spiro atoms. The van der Waals surface area contributed by atoms with Crippen molar-refractivity contribution in [2.45, 2.75) is 13.5 Å². The molecule has 0 unspecified atom stereocenters. The molecular formula is C15H20BrN3OS. The molecule has 0 aromatic carbocycles. The van der Waals surface area contributed by atoms with Crippen molar-refractivity contribution >= 4 is 37.4 Å². The Morgan fingerprint density at radius 3 is 2.57 bits per heavy atom. The van der Waals surface area contributed by atoms with Crippen LogP contribution in [0.25, 0.3) is 10.1 Å². The van der Waals surface area contributed by atoms with E-state index >= 15 is 0 Å². The Bertz CT molecular complexity index is 701. The third kappa shape index (κ3) is 3.08. The molecular weight excluding hydrogens is 350 g/mol. The zero-order chi connectivity index (χ0) is 15.0. The number of nitrogens with zero attached hydrogens (tertiary/aromatic N) is 3. The van der Waals surface area contributed by atoms with Crippen LogP contribution in [0.3, 0.4) is 0 Å². The molecule has 0 amide bonds. The molecule has 0 atom stereocenters. The third-order valence-corrected chi connectivity index (χ3v) is 6.17. The van der Waals surface area contributed by atoms with Crippen LogP contribution in [0.5, 0.6) is 0 Å². The minimum atomic E-state index is 0.0894. The number of rotatable bonds is 3. The fraction of sp³-hybridized carbons (Fsp3) is 0.533. The maximum Gasteiger partial charge on any atom is 0.259 e. The van der Waals surface area contributed by atoms with Crippen molar-refractivity contribution in [3.8, 4) is 0 Å². The van der Waals surface area contributed by atoms with Crippen molar-refractivity contribution in [2.24, 2.45) is 7.05 Å². The normalized spacial score (nSPS) is 17.7. The van der Waals surface area contributed by atoms with Crippen LogP contribution in [0.4, 0.5) is 0 Å². The van der Waals surface area contributed by atoms with Crippen LogP contribution in [-0.2, 0) is 13.6 Å². The van der Waals surface area contributed by atoms with E-state index in [9.17, 15) is 4.79 Å². The van der Waals surface area contributed by atoms with Gasteiger partial charge in [0.2, 0.25) is 0 Å². The lowest BCUT2D eigenvalue weighted by Gasteiger charge is -2.33. The fourth-order valence-corrected chi connectivity index (χ4v) is 4.67. The number of fused-ring (bicyclic) bond motifs is 1. The molecule has 1 aliphatic heterocycles. The predicted molar refractivity (Wildman–Crippen MR) is 92.2 cm³/mol. The van der Waals surface area contributed by atoms with Crippen LogP contribution in [0.1, 0.15) is 11.8 Å². The molecule has 3 rings (SSSR count). The number of aromatic nitrogens is 1. The van der Waals surface area contributed by atoms with E-state index in [4.69, 9.17) is 0 Å². The maximum atomic E-state index is 12.2. The fourth-order valence-electron chi connectivity index (χ4n) is 2.82. The molecule has 2 aromatic heterocycles. The van der Waals surface area contributed by atoms with Crippen molar-refractivity contribution in [3.05, 3.63) is 32.0 Å². The van der Waals surface area contributed by atoms with Crippen molar-refractivity contribution < 1.29 is 0 Å². The number of hydrogen-bond acceptors (Lipinski definition) is 4. The number of piperazine rings is 1. The van der Waals surface area contributed by atoms with E-state index in [0.717, 1.165) is 53.8 Å². The maximum absolute atomic E-state index is 12.2. The minimum absolute atomic E-state index is 0.0894. The molecule has 114 valence electrons. The average molecular weight is 370 g/mol. The van der Waals surface area contributed by atoms with E-state index in [1.165, 1.54) is 4.88 Å². The van der Waals surface area contributed by atoms with Crippen molar-refractivity contribution in [2.75, 3.05) is 32.7 Å². The smallest absolute Gasteiger partial charge is 0.259 e. The van der Waals surface area contributed by atoms with Crippen LogP contribution in [0.2, 0.25) is 0 Å². The van der Waals surface area contributed by atoms with E-state index in [0.29, 0.717) is 0 Å². The summed E-state index contributed by atoms with van der Waals surface area (Å²) in [5.74, 6) is 0. The van der Waals surface area contributed by atoms with Gasteiger partial charge in [-0.05, 0) is 28.5 Å². The van der Waals surface area contributed by atoms with Gasteiger partial charge in [-0.3, -0.25) is 9.69 Å². The monoisotopic (exact) mass is 369 g/mol. The first-order chi connectivity index (χ1) is 10.1. The predicted octanol–water partition coefficient (Wildman–Crippen LogP) is 2.50. The largest absolute Gasteiger partial charge is 0.317 e. The van der Waals surface area contributed by atoms with E-state index in [-0.39, 0.29) is 5.56 Å². The second kappa shape index (κ2) is 6.20. The van der Waals surface area contributed by atoms with E-state index < -0.39 is 0 Å². The molecule has 2 aromatic rings. The Balaban J connectivity index is 1.81. The van der Waals surface area contributed by atoms with Gasteiger partial charge in [0.25, 0.3) is 5.56 Å². The van der Waals surface area contributed by atoms with Crippen molar-refractivity contribution in [1.29, 1.82) is 0 Å². The Kier molecular flexibility index (Phi) is 4.49. The second-order valence-electron chi connectivity index (χ2n) is 5.56. The molecule has 0 bridgehead atoms. The summed E-state index contributed by atoms with van der Waals surface area (Å²) in [6, 6.07) is 2.07. The van der Waals surface area contributed by atoms with E-state index in [1.54, 1.807) is 23.0 Å². The van der Waals surface area contributed by atoms with Gasteiger partial charge < -0.3 is 9.47 Å². The average Bonchev–Trinajstić information content (AvgIpc) is 2.90. The first-order valence-corrected chi connectivity index (χ1v) is 8.91. The summed E-state index contributed by atoms with van der Waals surface area (Å²) in [6.07, 6.45) is 1.85.